The van der Waals surface area contributed by atoms with Crippen LogP contribution < -0.4 is 5.32 Å². The molecule has 0 amide bonds. The maximum atomic E-state index is 13.8. The van der Waals surface area contributed by atoms with Crippen molar-refractivity contribution in [3.8, 4) is 0 Å². The lowest BCUT2D eigenvalue weighted by Gasteiger charge is -2.31. The van der Waals surface area contributed by atoms with Gasteiger partial charge in [0.25, 0.3) is 0 Å². The Bertz CT molecular complexity index is 407. The summed E-state index contributed by atoms with van der Waals surface area (Å²) in [6.45, 7) is 6.71. The van der Waals surface area contributed by atoms with Crippen molar-refractivity contribution in [2.75, 3.05) is 5.75 Å². The van der Waals surface area contributed by atoms with Crippen LogP contribution in [-0.4, -0.2) is 11.8 Å². The third kappa shape index (κ3) is 2.89. The van der Waals surface area contributed by atoms with Gasteiger partial charge >= 0.3 is 0 Å². The van der Waals surface area contributed by atoms with Crippen LogP contribution >= 0.6 is 11.8 Å². The summed E-state index contributed by atoms with van der Waals surface area (Å²) in [7, 11) is 0. The number of halogens is 1. The maximum absolute atomic E-state index is 13.8. The highest BCUT2D eigenvalue weighted by molar-refractivity contribution is 7.99. The quantitative estimate of drug-likeness (QED) is 0.868. The minimum Gasteiger partial charge on any atom is -0.307 e. The van der Waals surface area contributed by atoms with E-state index in [9.17, 15) is 4.39 Å². The molecule has 0 radical (unpaired) electrons. The Morgan fingerprint density at radius 3 is 2.94 bits per heavy atom. The van der Waals surface area contributed by atoms with Gasteiger partial charge in [-0.05, 0) is 36.6 Å². The van der Waals surface area contributed by atoms with Gasteiger partial charge in [-0.25, -0.2) is 4.39 Å². The molecule has 100 valence electrons. The summed E-state index contributed by atoms with van der Waals surface area (Å²) in [6.07, 6.45) is 2.26. The first kappa shape index (κ1) is 13.9. The molecule has 1 aliphatic rings. The molecule has 1 aliphatic heterocycles. The van der Waals surface area contributed by atoms with Crippen molar-refractivity contribution in [2.24, 2.45) is 5.92 Å². The van der Waals surface area contributed by atoms with Crippen molar-refractivity contribution in [1.82, 2.24) is 5.32 Å². The van der Waals surface area contributed by atoms with Gasteiger partial charge < -0.3 is 5.32 Å². The molecule has 18 heavy (non-hydrogen) atoms. The molecule has 1 aromatic rings. The van der Waals surface area contributed by atoms with Crippen LogP contribution in [0.4, 0.5) is 4.39 Å². The number of hydrogen-bond acceptors (Lipinski definition) is 2. The molecule has 0 fully saturated rings. The molecule has 2 rings (SSSR count). The van der Waals surface area contributed by atoms with Gasteiger partial charge in [0.2, 0.25) is 0 Å². The highest BCUT2D eigenvalue weighted by Crippen LogP contribution is 2.38. The first-order chi connectivity index (χ1) is 8.63. The zero-order chi connectivity index (χ0) is 13.1. The molecule has 1 nitrogen and oxygen atoms in total. The smallest absolute Gasteiger partial charge is 0.137 e. The standard InChI is InChI=1S/C15H22FNS/c1-4-10(2)11(3)17-14-8-9-18-15-12(14)6-5-7-13(15)16/h5-7,10-11,14,17H,4,8-9H2,1-3H3. The van der Waals surface area contributed by atoms with Crippen molar-refractivity contribution in [3.05, 3.63) is 29.6 Å². The summed E-state index contributed by atoms with van der Waals surface area (Å²) in [4.78, 5) is 0.845. The van der Waals surface area contributed by atoms with Crippen LogP contribution in [0, 0.1) is 11.7 Å². The average Bonchev–Trinajstić information content (AvgIpc) is 2.39. The van der Waals surface area contributed by atoms with E-state index in [1.807, 2.05) is 6.07 Å². The summed E-state index contributed by atoms with van der Waals surface area (Å²) < 4.78 is 13.8. The summed E-state index contributed by atoms with van der Waals surface area (Å²) in [6, 6.07) is 6.22. The lowest BCUT2D eigenvalue weighted by atomic mass is 9.97. The van der Waals surface area contributed by atoms with Crippen LogP contribution in [0.1, 0.15) is 45.2 Å². The number of hydrogen-bond donors (Lipinski definition) is 1. The van der Waals surface area contributed by atoms with E-state index in [-0.39, 0.29) is 5.82 Å². The molecular weight excluding hydrogens is 245 g/mol. The lowest BCUT2D eigenvalue weighted by molar-refractivity contribution is 0.342. The van der Waals surface area contributed by atoms with Crippen molar-refractivity contribution in [2.45, 2.75) is 50.6 Å². The topological polar surface area (TPSA) is 12.0 Å². The molecule has 1 aromatic carbocycles. The number of thioether (sulfide) groups is 1. The fourth-order valence-electron chi connectivity index (χ4n) is 2.39. The van der Waals surface area contributed by atoms with E-state index in [2.05, 4.69) is 32.2 Å². The summed E-state index contributed by atoms with van der Waals surface area (Å²) in [5.41, 5.74) is 1.14. The van der Waals surface area contributed by atoms with E-state index < -0.39 is 0 Å². The van der Waals surface area contributed by atoms with E-state index in [0.717, 1.165) is 22.6 Å². The fourth-order valence-corrected chi connectivity index (χ4v) is 3.54. The molecule has 0 saturated heterocycles. The van der Waals surface area contributed by atoms with E-state index in [1.165, 1.54) is 6.42 Å². The molecular formula is C15H22FNS. The zero-order valence-electron chi connectivity index (χ0n) is 11.4. The monoisotopic (exact) mass is 267 g/mol. The molecule has 0 aliphatic carbocycles. The average molecular weight is 267 g/mol. The minimum absolute atomic E-state index is 0.0693. The molecule has 1 N–H and O–H groups in total. The third-order valence-electron chi connectivity index (χ3n) is 3.99. The molecule has 3 atom stereocenters. The van der Waals surface area contributed by atoms with Crippen molar-refractivity contribution < 1.29 is 4.39 Å². The van der Waals surface area contributed by atoms with Gasteiger partial charge in [0.1, 0.15) is 5.82 Å². The summed E-state index contributed by atoms with van der Waals surface area (Å²) in [5, 5.41) is 3.67. The SMILES string of the molecule is CCC(C)C(C)NC1CCSc2c(F)cccc21. The minimum atomic E-state index is -0.0693. The Balaban J connectivity index is 2.15. The van der Waals surface area contributed by atoms with Crippen LogP contribution in [0.3, 0.4) is 0 Å². The van der Waals surface area contributed by atoms with Crippen LogP contribution in [0.5, 0.6) is 0 Å². The number of benzene rings is 1. The Hall–Kier alpha value is -0.540. The zero-order valence-corrected chi connectivity index (χ0v) is 12.2. The molecule has 3 unspecified atom stereocenters. The first-order valence-electron chi connectivity index (χ1n) is 6.80. The Morgan fingerprint density at radius 1 is 1.44 bits per heavy atom. The van der Waals surface area contributed by atoms with E-state index >= 15 is 0 Å². The molecule has 0 aromatic heterocycles. The van der Waals surface area contributed by atoms with Gasteiger partial charge in [0.15, 0.2) is 0 Å². The van der Waals surface area contributed by atoms with Crippen molar-refractivity contribution >= 4 is 11.8 Å². The van der Waals surface area contributed by atoms with Gasteiger partial charge in [-0.1, -0.05) is 32.4 Å². The largest absolute Gasteiger partial charge is 0.307 e. The van der Waals surface area contributed by atoms with Gasteiger partial charge in [-0.15, -0.1) is 11.8 Å². The number of nitrogens with one attached hydrogen (secondary N) is 1. The van der Waals surface area contributed by atoms with Gasteiger partial charge in [0, 0.05) is 17.0 Å². The van der Waals surface area contributed by atoms with Crippen LogP contribution in [0.2, 0.25) is 0 Å². The van der Waals surface area contributed by atoms with Gasteiger partial charge in [-0.2, -0.15) is 0 Å². The van der Waals surface area contributed by atoms with Crippen molar-refractivity contribution in [1.29, 1.82) is 0 Å². The maximum Gasteiger partial charge on any atom is 0.137 e. The summed E-state index contributed by atoms with van der Waals surface area (Å²) >= 11 is 1.65. The second kappa shape index (κ2) is 6.07. The predicted molar refractivity (Wildman–Crippen MR) is 76.5 cm³/mol. The van der Waals surface area contributed by atoms with Gasteiger partial charge in [0.05, 0.1) is 0 Å². The normalized spacial score (nSPS) is 22.3. The highest BCUT2D eigenvalue weighted by Gasteiger charge is 2.25. The number of fused-ring (bicyclic) bond motifs is 1. The molecule has 1 heterocycles. The van der Waals surface area contributed by atoms with E-state index in [0.29, 0.717) is 18.0 Å². The molecule has 0 bridgehead atoms. The second-order valence-corrected chi connectivity index (χ2v) is 6.29. The van der Waals surface area contributed by atoms with Gasteiger partial charge in [-0.3, -0.25) is 0 Å². The molecule has 3 heteroatoms. The highest BCUT2D eigenvalue weighted by atomic mass is 32.2. The summed E-state index contributed by atoms with van der Waals surface area (Å²) in [5.74, 6) is 1.58. The predicted octanol–water partition coefficient (Wildman–Crippen LogP) is 4.39. The Labute approximate surface area is 114 Å². The third-order valence-corrected chi connectivity index (χ3v) is 5.15. The molecule has 0 saturated carbocycles. The van der Waals surface area contributed by atoms with Crippen LogP contribution in [0.25, 0.3) is 0 Å². The van der Waals surface area contributed by atoms with Crippen LogP contribution in [0.15, 0.2) is 23.1 Å². The Kier molecular flexibility index (Phi) is 4.68. The molecule has 0 spiro atoms. The lowest BCUT2D eigenvalue weighted by Crippen LogP contribution is -2.36. The fraction of sp³-hybridized carbons (Fsp3) is 0.600. The second-order valence-electron chi connectivity index (χ2n) is 5.19. The Morgan fingerprint density at radius 2 is 2.22 bits per heavy atom. The van der Waals surface area contributed by atoms with Crippen LogP contribution in [-0.2, 0) is 0 Å². The van der Waals surface area contributed by atoms with E-state index in [4.69, 9.17) is 0 Å². The first-order valence-corrected chi connectivity index (χ1v) is 7.79. The van der Waals surface area contributed by atoms with Crippen molar-refractivity contribution in [3.63, 3.8) is 0 Å². The number of rotatable bonds is 4. The van der Waals surface area contributed by atoms with E-state index in [1.54, 1.807) is 17.8 Å².